The molecule has 2 amide bonds. The van der Waals surface area contributed by atoms with Gasteiger partial charge in [0.15, 0.2) is 0 Å². The first-order valence-electron chi connectivity index (χ1n) is 6.73. The van der Waals surface area contributed by atoms with E-state index in [0.29, 0.717) is 12.8 Å². The Morgan fingerprint density at radius 3 is 2.50 bits per heavy atom. The van der Waals surface area contributed by atoms with Crippen LogP contribution in [0.5, 0.6) is 0 Å². The van der Waals surface area contributed by atoms with E-state index in [-0.39, 0.29) is 18.6 Å². The highest BCUT2D eigenvalue weighted by atomic mass is 16.5. The van der Waals surface area contributed by atoms with Gasteiger partial charge >= 0.3 is 18.0 Å². The summed E-state index contributed by atoms with van der Waals surface area (Å²) in [6, 6.07) is -0.985. The number of ether oxygens (including phenoxy) is 1. The summed E-state index contributed by atoms with van der Waals surface area (Å²) in [5.41, 5.74) is 0. The number of rotatable bonds is 5. The third-order valence-corrected chi connectivity index (χ3v) is 3.55. The van der Waals surface area contributed by atoms with E-state index in [0.717, 1.165) is 6.42 Å². The lowest BCUT2D eigenvalue weighted by Crippen LogP contribution is -2.51. The fourth-order valence-corrected chi connectivity index (χ4v) is 2.36. The topological polar surface area (TPSA) is 95.9 Å². The number of carboxylic acids is 1. The summed E-state index contributed by atoms with van der Waals surface area (Å²) in [6.07, 6.45) is 1.99. The van der Waals surface area contributed by atoms with Gasteiger partial charge < -0.3 is 20.1 Å². The van der Waals surface area contributed by atoms with Crippen LogP contribution in [0.3, 0.4) is 0 Å². The molecule has 1 rings (SSSR count). The van der Waals surface area contributed by atoms with Crippen LogP contribution >= 0.6 is 0 Å². The predicted molar refractivity (Wildman–Crippen MR) is 71.2 cm³/mol. The Hall–Kier alpha value is -1.79. The number of hydrogen-bond donors (Lipinski definition) is 2. The van der Waals surface area contributed by atoms with Gasteiger partial charge in [-0.15, -0.1) is 0 Å². The molecule has 0 aromatic carbocycles. The number of amides is 2. The van der Waals surface area contributed by atoms with Gasteiger partial charge in [0.25, 0.3) is 0 Å². The zero-order chi connectivity index (χ0) is 15.3. The molecule has 0 bridgehead atoms. The molecular formula is C13H22N2O5. The van der Waals surface area contributed by atoms with Gasteiger partial charge in [0.1, 0.15) is 6.54 Å². The van der Waals surface area contributed by atoms with Gasteiger partial charge in [-0.3, -0.25) is 9.59 Å². The van der Waals surface area contributed by atoms with Crippen molar-refractivity contribution < 1.29 is 24.2 Å². The van der Waals surface area contributed by atoms with Gasteiger partial charge in [0.2, 0.25) is 0 Å². The number of carbonyl (C=O) groups excluding carboxylic acids is 2. The number of methoxy groups -OCH3 is 1. The van der Waals surface area contributed by atoms with Gasteiger partial charge in [0.05, 0.1) is 13.0 Å². The molecule has 1 saturated carbocycles. The van der Waals surface area contributed by atoms with Crippen molar-refractivity contribution in [3.8, 4) is 0 Å². The lowest BCUT2D eigenvalue weighted by Gasteiger charge is -2.28. The fourth-order valence-electron chi connectivity index (χ4n) is 2.36. The van der Waals surface area contributed by atoms with Crippen LogP contribution < -0.4 is 5.32 Å². The van der Waals surface area contributed by atoms with Gasteiger partial charge in [0, 0.05) is 12.1 Å². The van der Waals surface area contributed by atoms with Gasteiger partial charge in [-0.25, -0.2) is 4.79 Å². The number of nitrogens with one attached hydrogen (secondary N) is 1. The Bertz CT molecular complexity index is 383. The second kappa shape index (κ2) is 7.12. The highest BCUT2D eigenvalue weighted by Gasteiger charge is 2.35. The first kappa shape index (κ1) is 16.3. The molecule has 2 N–H and O–H groups in total. The Morgan fingerprint density at radius 1 is 1.35 bits per heavy atom. The number of hydrogen-bond acceptors (Lipinski definition) is 4. The molecule has 0 saturated heterocycles. The van der Waals surface area contributed by atoms with Crippen LogP contribution in [0, 0.1) is 5.92 Å². The Labute approximate surface area is 118 Å². The van der Waals surface area contributed by atoms with E-state index in [4.69, 9.17) is 5.11 Å². The zero-order valence-corrected chi connectivity index (χ0v) is 12.1. The third-order valence-electron chi connectivity index (χ3n) is 3.55. The molecular weight excluding hydrogens is 264 g/mol. The molecule has 7 heteroatoms. The molecule has 0 aromatic rings. The summed E-state index contributed by atoms with van der Waals surface area (Å²) in [5, 5.41) is 11.8. The predicted octanol–water partition coefficient (Wildman–Crippen LogP) is 0.833. The average Bonchev–Trinajstić information content (AvgIpc) is 2.83. The monoisotopic (exact) mass is 286 g/mol. The van der Waals surface area contributed by atoms with E-state index < -0.39 is 23.9 Å². The lowest BCUT2D eigenvalue weighted by molar-refractivity contribution is -0.143. The molecule has 2 atom stereocenters. The first-order chi connectivity index (χ1) is 9.36. The van der Waals surface area contributed by atoms with Crippen LogP contribution in [-0.4, -0.2) is 53.7 Å². The van der Waals surface area contributed by atoms with E-state index in [1.54, 1.807) is 13.8 Å². The Morgan fingerprint density at radius 2 is 2.00 bits per heavy atom. The molecule has 1 aliphatic carbocycles. The molecule has 0 heterocycles. The molecule has 1 aliphatic rings. The Kier molecular flexibility index (Phi) is 5.79. The van der Waals surface area contributed by atoms with Gasteiger partial charge in [-0.05, 0) is 26.7 Å². The van der Waals surface area contributed by atoms with Crippen molar-refractivity contribution >= 4 is 18.0 Å². The summed E-state index contributed by atoms with van der Waals surface area (Å²) in [4.78, 5) is 35.9. The second-order valence-corrected chi connectivity index (χ2v) is 5.23. The zero-order valence-electron chi connectivity index (χ0n) is 12.1. The van der Waals surface area contributed by atoms with Crippen LogP contribution in [0.25, 0.3) is 0 Å². The highest BCUT2D eigenvalue weighted by Crippen LogP contribution is 2.26. The van der Waals surface area contributed by atoms with Gasteiger partial charge in [-0.2, -0.15) is 0 Å². The average molecular weight is 286 g/mol. The lowest BCUT2D eigenvalue weighted by atomic mass is 10.0. The maximum Gasteiger partial charge on any atom is 0.325 e. The molecule has 7 nitrogen and oxygen atoms in total. The summed E-state index contributed by atoms with van der Waals surface area (Å²) >= 11 is 0. The van der Waals surface area contributed by atoms with Crippen LogP contribution in [0.15, 0.2) is 0 Å². The summed E-state index contributed by atoms with van der Waals surface area (Å²) in [6.45, 7) is 3.42. The molecule has 0 spiro atoms. The maximum atomic E-state index is 12.2. The number of carboxylic acid groups (broad SMARTS) is 1. The quantitative estimate of drug-likeness (QED) is 0.730. The minimum absolute atomic E-state index is 0.148. The molecule has 0 aromatic heterocycles. The normalized spacial score (nSPS) is 21.6. The van der Waals surface area contributed by atoms with Crippen molar-refractivity contribution in [2.75, 3.05) is 13.7 Å². The van der Waals surface area contributed by atoms with Gasteiger partial charge in [-0.1, -0.05) is 6.42 Å². The van der Waals surface area contributed by atoms with Crippen molar-refractivity contribution in [2.24, 2.45) is 5.92 Å². The van der Waals surface area contributed by atoms with Crippen LogP contribution in [-0.2, 0) is 14.3 Å². The molecule has 0 aliphatic heterocycles. The van der Waals surface area contributed by atoms with Crippen LogP contribution in [0.1, 0.15) is 33.1 Å². The van der Waals surface area contributed by atoms with E-state index in [1.165, 1.54) is 12.0 Å². The number of esters is 1. The van der Waals surface area contributed by atoms with E-state index >= 15 is 0 Å². The highest BCUT2D eigenvalue weighted by molar-refractivity contribution is 5.82. The van der Waals surface area contributed by atoms with E-state index in [1.807, 2.05) is 0 Å². The molecule has 114 valence electrons. The first-order valence-corrected chi connectivity index (χ1v) is 6.73. The van der Waals surface area contributed by atoms with Crippen molar-refractivity contribution in [2.45, 2.75) is 45.2 Å². The summed E-state index contributed by atoms with van der Waals surface area (Å²) in [7, 11) is 1.26. The number of carbonyl (C=O) groups is 3. The minimum atomic E-state index is -0.892. The standard InChI is InChI=1S/C13H22N2O5/c1-8(2)15(7-11(16)20-3)13(19)14-10-6-4-5-9(10)12(17)18/h8-10H,4-7H2,1-3H3,(H,14,19)(H,17,18). The second-order valence-electron chi connectivity index (χ2n) is 5.23. The summed E-state index contributed by atoms with van der Waals surface area (Å²) in [5.74, 6) is -1.95. The largest absolute Gasteiger partial charge is 0.481 e. The number of aliphatic carboxylic acids is 1. The smallest absolute Gasteiger partial charge is 0.325 e. The Balaban J connectivity index is 2.66. The molecule has 0 radical (unpaired) electrons. The summed E-state index contributed by atoms with van der Waals surface area (Å²) < 4.78 is 4.56. The van der Waals surface area contributed by atoms with Crippen molar-refractivity contribution in [1.29, 1.82) is 0 Å². The van der Waals surface area contributed by atoms with E-state index in [9.17, 15) is 14.4 Å². The maximum absolute atomic E-state index is 12.2. The van der Waals surface area contributed by atoms with Crippen molar-refractivity contribution in [3.05, 3.63) is 0 Å². The molecule has 1 fully saturated rings. The third kappa shape index (κ3) is 4.11. The number of nitrogens with zero attached hydrogens (tertiary/aromatic N) is 1. The molecule has 20 heavy (non-hydrogen) atoms. The number of urea groups is 1. The fraction of sp³-hybridized carbons (Fsp3) is 0.769. The van der Waals surface area contributed by atoms with E-state index in [2.05, 4.69) is 10.1 Å². The molecule has 2 unspecified atom stereocenters. The minimum Gasteiger partial charge on any atom is -0.481 e. The van der Waals surface area contributed by atoms with Crippen LogP contribution in [0.4, 0.5) is 4.79 Å². The van der Waals surface area contributed by atoms with Crippen molar-refractivity contribution in [1.82, 2.24) is 10.2 Å². The van der Waals surface area contributed by atoms with Crippen LogP contribution in [0.2, 0.25) is 0 Å². The van der Waals surface area contributed by atoms with Crippen molar-refractivity contribution in [3.63, 3.8) is 0 Å². The SMILES string of the molecule is COC(=O)CN(C(=O)NC1CCCC1C(=O)O)C(C)C.